The number of halogens is 1. The van der Waals surface area contributed by atoms with Crippen LogP contribution in [0.3, 0.4) is 0 Å². The predicted octanol–water partition coefficient (Wildman–Crippen LogP) is 0.407. The van der Waals surface area contributed by atoms with Gasteiger partial charge in [0.25, 0.3) is 0 Å². The molecule has 0 aliphatic heterocycles. The van der Waals surface area contributed by atoms with Crippen LogP contribution in [0.2, 0.25) is 0 Å². The summed E-state index contributed by atoms with van der Waals surface area (Å²) in [7, 11) is 0. The first-order valence-corrected chi connectivity index (χ1v) is 4.82. The van der Waals surface area contributed by atoms with Crippen LogP contribution in [0, 0.1) is 5.82 Å². The first-order valence-electron chi connectivity index (χ1n) is 4.82. The Morgan fingerprint density at radius 1 is 1.53 bits per heavy atom. The number of anilines is 2. The van der Waals surface area contributed by atoms with Gasteiger partial charge in [0.05, 0.1) is 12.8 Å². The van der Waals surface area contributed by atoms with Crippen LogP contribution in [0.5, 0.6) is 0 Å². The smallest absolute Gasteiger partial charge is 0.222 e. The summed E-state index contributed by atoms with van der Waals surface area (Å²) >= 11 is 0. The second-order valence-corrected chi connectivity index (χ2v) is 3.11. The molecule has 0 radical (unpaired) electrons. The molecule has 1 aromatic rings. The van der Waals surface area contributed by atoms with Gasteiger partial charge in [-0.1, -0.05) is 6.92 Å². The number of aliphatic hydroxyl groups excluding tert-OH is 1. The van der Waals surface area contributed by atoms with Crippen molar-refractivity contribution < 1.29 is 9.50 Å². The predicted molar refractivity (Wildman–Crippen MR) is 56.0 cm³/mol. The van der Waals surface area contributed by atoms with Crippen molar-refractivity contribution in [3.05, 3.63) is 12.0 Å². The Labute approximate surface area is 87.8 Å². The topological polar surface area (TPSA) is 75.3 Å². The minimum absolute atomic E-state index is 0.0328. The van der Waals surface area contributed by atoms with E-state index in [-0.39, 0.29) is 18.4 Å². The van der Waals surface area contributed by atoms with Gasteiger partial charge in [0.1, 0.15) is 0 Å². The maximum absolute atomic E-state index is 13.4. The molecule has 0 aromatic carbocycles. The fourth-order valence-corrected chi connectivity index (χ4v) is 1.31. The van der Waals surface area contributed by atoms with Crippen LogP contribution in [-0.4, -0.2) is 34.8 Å². The first kappa shape index (κ1) is 11.6. The lowest BCUT2D eigenvalue weighted by molar-refractivity contribution is 0.301. The van der Waals surface area contributed by atoms with E-state index in [1.807, 2.05) is 6.92 Å². The van der Waals surface area contributed by atoms with Crippen LogP contribution < -0.4 is 10.6 Å². The number of rotatable bonds is 5. The highest BCUT2D eigenvalue weighted by Crippen LogP contribution is 2.16. The van der Waals surface area contributed by atoms with Crippen molar-refractivity contribution in [3.8, 4) is 0 Å². The van der Waals surface area contributed by atoms with Gasteiger partial charge in [-0.25, -0.2) is 9.37 Å². The standard InChI is InChI=1S/C9H15FN4O/c1-2-3-14(4-5-15)8-7(10)6-12-9(11)13-8/h6,15H,2-5H2,1H3,(H2,11,12,13). The molecule has 0 amide bonds. The lowest BCUT2D eigenvalue weighted by Gasteiger charge is -2.22. The summed E-state index contributed by atoms with van der Waals surface area (Å²) in [6, 6.07) is 0. The second kappa shape index (κ2) is 5.45. The normalized spacial score (nSPS) is 10.3. The maximum atomic E-state index is 13.4. The van der Waals surface area contributed by atoms with Crippen LogP contribution in [0.1, 0.15) is 13.3 Å². The summed E-state index contributed by atoms with van der Waals surface area (Å²) < 4.78 is 13.4. The number of nitrogen functional groups attached to an aromatic ring is 1. The minimum Gasteiger partial charge on any atom is -0.395 e. The van der Waals surface area contributed by atoms with Crippen molar-refractivity contribution in [1.29, 1.82) is 0 Å². The Kier molecular flexibility index (Phi) is 4.23. The number of nitrogens with two attached hydrogens (primary N) is 1. The van der Waals surface area contributed by atoms with E-state index >= 15 is 0 Å². The van der Waals surface area contributed by atoms with E-state index in [9.17, 15) is 4.39 Å². The van der Waals surface area contributed by atoms with E-state index in [0.29, 0.717) is 13.1 Å². The lowest BCUT2D eigenvalue weighted by atomic mass is 10.4. The second-order valence-electron chi connectivity index (χ2n) is 3.11. The van der Waals surface area contributed by atoms with Crippen LogP contribution in [-0.2, 0) is 0 Å². The summed E-state index contributed by atoms with van der Waals surface area (Å²) in [5.41, 5.74) is 5.38. The fraction of sp³-hybridized carbons (Fsp3) is 0.556. The van der Waals surface area contributed by atoms with E-state index in [1.165, 1.54) is 0 Å². The molecule has 0 aliphatic rings. The molecular weight excluding hydrogens is 199 g/mol. The molecule has 0 unspecified atom stereocenters. The van der Waals surface area contributed by atoms with Gasteiger partial charge in [0, 0.05) is 13.1 Å². The van der Waals surface area contributed by atoms with Crippen molar-refractivity contribution >= 4 is 11.8 Å². The van der Waals surface area contributed by atoms with E-state index in [2.05, 4.69) is 9.97 Å². The van der Waals surface area contributed by atoms with Gasteiger partial charge in [0.15, 0.2) is 11.6 Å². The Morgan fingerprint density at radius 2 is 2.27 bits per heavy atom. The zero-order chi connectivity index (χ0) is 11.3. The number of aromatic nitrogens is 2. The van der Waals surface area contributed by atoms with E-state index < -0.39 is 5.82 Å². The third-order valence-corrected chi connectivity index (χ3v) is 1.91. The van der Waals surface area contributed by atoms with E-state index in [0.717, 1.165) is 12.6 Å². The van der Waals surface area contributed by atoms with Crippen LogP contribution in [0.15, 0.2) is 6.20 Å². The Morgan fingerprint density at radius 3 is 2.87 bits per heavy atom. The van der Waals surface area contributed by atoms with Gasteiger partial charge in [-0.2, -0.15) is 4.98 Å². The van der Waals surface area contributed by atoms with Gasteiger partial charge in [-0.3, -0.25) is 0 Å². The number of nitrogens with zero attached hydrogens (tertiary/aromatic N) is 3. The molecule has 84 valence electrons. The highest BCUT2D eigenvalue weighted by atomic mass is 19.1. The summed E-state index contributed by atoms with van der Waals surface area (Å²) in [4.78, 5) is 9.01. The summed E-state index contributed by atoms with van der Waals surface area (Å²) in [5, 5.41) is 8.85. The molecule has 6 heteroatoms. The maximum Gasteiger partial charge on any atom is 0.222 e. The minimum atomic E-state index is -0.522. The van der Waals surface area contributed by atoms with Gasteiger partial charge < -0.3 is 15.7 Å². The quantitative estimate of drug-likeness (QED) is 0.742. The zero-order valence-corrected chi connectivity index (χ0v) is 8.65. The molecule has 0 spiro atoms. The molecule has 0 fully saturated rings. The van der Waals surface area contributed by atoms with Crippen LogP contribution >= 0.6 is 0 Å². The highest BCUT2D eigenvalue weighted by Gasteiger charge is 2.12. The van der Waals surface area contributed by atoms with Crippen molar-refractivity contribution in [2.45, 2.75) is 13.3 Å². The third-order valence-electron chi connectivity index (χ3n) is 1.91. The summed E-state index contributed by atoms with van der Waals surface area (Å²) in [5.74, 6) is -0.338. The molecule has 0 atom stereocenters. The van der Waals surface area contributed by atoms with Gasteiger partial charge in [-0.05, 0) is 6.42 Å². The molecule has 0 saturated carbocycles. The highest BCUT2D eigenvalue weighted by molar-refractivity contribution is 5.42. The van der Waals surface area contributed by atoms with Crippen LogP contribution in [0.25, 0.3) is 0 Å². The number of aliphatic hydroxyl groups is 1. The summed E-state index contributed by atoms with van der Waals surface area (Å²) in [6.07, 6.45) is 1.88. The lowest BCUT2D eigenvalue weighted by Crippen LogP contribution is -2.29. The molecule has 0 bridgehead atoms. The van der Waals surface area contributed by atoms with Crippen molar-refractivity contribution in [2.24, 2.45) is 0 Å². The zero-order valence-electron chi connectivity index (χ0n) is 8.65. The fourth-order valence-electron chi connectivity index (χ4n) is 1.31. The Hall–Kier alpha value is -1.43. The van der Waals surface area contributed by atoms with Gasteiger partial charge in [0.2, 0.25) is 5.95 Å². The molecule has 3 N–H and O–H groups in total. The molecule has 0 saturated heterocycles. The summed E-state index contributed by atoms with van der Waals surface area (Å²) in [6.45, 7) is 2.87. The monoisotopic (exact) mass is 214 g/mol. The molecular formula is C9H15FN4O. The number of hydrogen-bond acceptors (Lipinski definition) is 5. The van der Waals surface area contributed by atoms with Crippen molar-refractivity contribution in [2.75, 3.05) is 30.3 Å². The first-order chi connectivity index (χ1) is 7.19. The van der Waals surface area contributed by atoms with E-state index in [4.69, 9.17) is 10.8 Å². The average Bonchev–Trinajstić information content (AvgIpc) is 2.21. The largest absolute Gasteiger partial charge is 0.395 e. The van der Waals surface area contributed by atoms with Crippen LogP contribution in [0.4, 0.5) is 16.2 Å². The van der Waals surface area contributed by atoms with Crippen molar-refractivity contribution in [3.63, 3.8) is 0 Å². The average molecular weight is 214 g/mol. The Bertz CT molecular complexity index is 315. The van der Waals surface area contributed by atoms with Gasteiger partial charge >= 0.3 is 0 Å². The molecule has 1 rings (SSSR count). The molecule has 1 heterocycles. The molecule has 5 nitrogen and oxygen atoms in total. The van der Waals surface area contributed by atoms with Gasteiger partial charge in [-0.15, -0.1) is 0 Å². The molecule has 1 aromatic heterocycles. The van der Waals surface area contributed by atoms with E-state index in [1.54, 1.807) is 4.90 Å². The molecule has 15 heavy (non-hydrogen) atoms. The third kappa shape index (κ3) is 3.02. The number of hydrogen-bond donors (Lipinski definition) is 2. The molecule has 0 aliphatic carbocycles. The SMILES string of the molecule is CCCN(CCO)c1nc(N)ncc1F. The van der Waals surface area contributed by atoms with Crippen molar-refractivity contribution in [1.82, 2.24) is 9.97 Å². The Balaban J connectivity index is 2.93.